The average molecular weight is 235 g/mol. The molecule has 0 saturated carbocycles. The third-order valence-corrected chi connectivity index (χ3v) is 2.43. The predicted octanol–water partition coefficient (Wildman–Crippen LogP) is 2.37. The first-order valence-electron chi connectivity index (χ1n) is 5.49. The summed E-state index contributed by atoms with van der Waals surface area (Å²) in [4.78, 5) is 11.4. The summed E-state index contributed by atoms with van der Waals surface area (Å²) in [7, 11) is 0. The molecule has 0 heterocycles. The van der Waals surface area contributed by atoms with E-state index in [4.69, 9.17) is 10.00 Å². The van der Waals surface area contributed by atoms with E-state index in [9.17, 15) is 9.18 Å². The van der Waals surface area contributed by atoms with Gasteiger partial charge >= 0.3 is 5.97 Å². The van der Waals surface area contributed by atoms with E-state index in [1.54, 1.807) is 6.92 Å². The van der Waals surface area contributed by atoms with Gasteiger partial charge in [-0.05, 0) is 36.6 Å². The van der Waals surface area contributed by atoms with Crippen molar-refractivity contribution in [3.05, 3.63) is 34.6 Å². The molecule has 0 fully saturated rings. The van der Waals surface area contributed by atoms with Crippen LogP contribution >= 0.6 is 0 Å². The quantitative estimate of drug-likeness (QED) is 0.753. The smallest absolute Gasteiger partial charge is 0.310 e. The third kappa shape index (κ3) is 3.28. The maximum Gasteiger partial charge on any atom is 0.310 e. The van der Waals surface area contributed by atoms with Gasteiger partial charge < -0.3 is 4.74 Å². The van der Waals surface area contributed by atoms with Gasteiger partial charge in [0.15, 0.2) is 0 Å². The fraction of sp³-hybridized carbons (Fsp3) is 0.385. The molecule has 0 atom stereocenters. The Morgan fingerprint density at radius 2 is 2.18 bits per heavy atom. The van der Waals surface area contributed by atoms with Crippen molar-refractivity contribution in [2.24, 2.45) is 0 Å². The molecule has 0 saturated heterocycles. The molecule has 0 aromatic heterocycles. The van der Waals surface area contributed by atoms with Crippen molar-refractivity contribution in [3.8, 4) is 6.07 Å². The van der Waals surface area contributed by atoms with Gasteiger partial charge in [0.2, 0.25) is 0 Å². The summed E-state index contributed by atoms with van der Waals surface area (Å²) in [5, 5.41) is 8.94. The molecule has 0 aliphatic rings. The molecule has 0 N–H and O–H groups in total. The van der Waals surface area contributed by atoms with Crippen LogP contribution in [0.15, 0.2) is 12.1 Å². The number of aryl methyl sites for hydroxylation is 1. The van der Waals surface area contributed by atoms with E-state index in [0.717, 1.165) is 6.07 Å². The number of hydrogen-bond acceptors (Lipinski definition) is 3. The highest BCUT2D eigenvalue weighted by molar-refractivity contribution is 5.74. The van der Waals surface area contributed by atoms with E-state index < -0.39 is 11.8 Å². The number of benzene rings is 1. The molecule has 0 spiro atoms. The van der Waals surface area contributed by atoms with Gasteiger partial charge in [0.05, 0.1) is 24.7 Å². The van der Waals surface area contributed by atoms with Crippen LogP contribution in [0.5, 0.6) is 0 Å². The second kappa shape index (κ2) is 6.00. The first-order valence-corrected chi connectivity index (χ1v) is 5.49. The Morgan fingerprint density at radius 3 is 2.71 bits per heavy atom. The summed E-state index contributed by atoms with van der Waals surface area (Å²) in [6.07, 6.45) is 0.585. The van der Waals surface area contributed by atoms with Crippen LogP contribution in [0.2, 0.25) is 0 Å². The summed E-state index contributed by atoms with van der Waals surface area (Å²) >= 11 is 0. The Hall–Kier alpha value is -1.89. The summed E-state index contributed by atoms with van der Waals surface area (Å²) < 4.78 is 18.0. The minimum atomic E-state index is -0.453. The van der Waals surface area contributed by atoms with Crippen LogP contribution in [0.1, 0.15) is 30.5 Å². The monoisotopic (exact) mass is 235 g/mol. The molecule has 1 aromatic rings. The lowest BCUT2D eigenvalue weighted by atomic mass is 9.97. The van der Waals surface area contributed by atoms with Crippen LogP contribution in [0.3, 0.4) is 0 Å². The second-order valence-electron chi connectivity index (χ2n) is 3.54. The van der Waals surface area contributed by atoms with Gasteiger partial charge in [0.1, 0.15) is 5.82 Å². The molecule has 0 aliphatic heterocycles. The van der Waals surface area contributed by atoms with E-state index in [0.29, 0.717) is 24.2 Å². The van der Waals surface area contributed by atoms with Crippen LogP contribution in [-0.2, 0) is 22.4 Å². The SMILES string of the molecule is CCOC(=O)Cc1c(C#N)cc(F)cc1CC. The van der Waals surface area contributed by atoms with E-state index in [1.807, 2.05) is 13.0 Å². The maximum atomic E-state index is 13.2. The number of carbonyl (C=O) groups excluding carboxylic acids is 1. The number of esters is 1. The van der Waals surface area contributed by atoms with Crippen molar-refractivity contribution < 1.29 is 13.9 Å². The van der Waals surface area contributed by atoms with Gasteiger partial charge in [0.25, 0.3) is 0 Å². The lowest BCUT2D eigenvalue weighted by molar-refractivity contribution is -0.142. The zero-order valence-corrected chi connectivity index (χ0v) is 9.92. The molecule has 0 radical (unpaired) electrons. The first-order chi connectivity index (χ1) is 8.12. The molecule has 0 amide bonds. The van der Waals surface area contributed by atoms with Crippen LogP contribution in [0.4, 0.5) is 4.39 Å². The van der Waals surface area contributed by atoms with Crippen molar-refractivity contribution in [3.63, 3.8) is 0 Å². The predicted molar refractivity (Wildman–Crippen MR) is 60.8 cm³/mol. The topological polar surface area (TPSA) is 50.1 Å². The minimum absolute atomic E-state index is 0.0141. The highest BCUT2D eigenvalue weighted by atomic mass is 19.1. The number of carbonyl (C=O) groups is 1. The normalized spacial score (nSPS) is 9.76. The maximum absolute atomic E-state index is 13.2. The molecule has 90 valence electrons. The molecule has 1 aromatic carbocycles. The second-order valence-corrected chi connectivity index (χ2v) is 3.54. The highest BCUT2D eigenvalue weighted by Gasteiger charge is 2.14. The Morgan fingerprint density at radius 1 is 1.47 bits per heavy atom. The minimum Gasteiger partial charge on any atom is -0.466 e. The van der Waals surface area contributed by atoms with E-state index >= 15 is 0 Å². The fourth-order valence-corrected chi connectivity index (χ4v) is 1.67. The summed E-state index contributed by atoms with van der Waals surface area (Å²) in [6.45, 7) is 3.86. The van der Waals surface area contributed by atoms with Gasteiger partial charge in [-0.2, -0.15) is 5.26 Å². The number of nitrogens with zero attached hydrogens (tertiary/aromatic N) is 1. The number of ether oxygens (including phenoxy) is 1. The van der Waals surface area contributed by atoms with Gasteiger partial charge in [-0.3, -0.25) is 4.79 Å². The first kappa shape index (κ1) is 13.2. The molecule has 0 aliphatic carbocycles. The largest absolute Gasteiger partial charge is 0.466 e. The molecule has 3 nitrogen and oxygen atoms in total. The number of rotatable bonds is 4. The van der Waals surface area contributed by atoms with Crippen LogP contribution in [-0.4, -0.2) is 12.6 Å². The van der Waals surface area contributed by atoms with E-state index in [1.165, 1.54) is 6.07 Å². The zero-order chi connectivity index (χ0) is 12.8. The molecule has 0 bridgehead atoms. The Labute approximate surface area is 99.8 Å². The van der Waals surface area contributed by atoms with Crippen molar-refractivity contribution in [1.82, 2.24) is 0 Å². The van der Waals surface area contributed by atoms with Gasteiger partial charge in [0, 0.05) is 0 Å². The molecule has 17 heavy (non-hydrogen) atoms. The zero-order valence-electron chi connectivity index (χ0n) is 9.92. The molecule has 1 rings (SSSR count). The van der Waals surface area contributed by atoms with Crippen LogP contribution in [0, 0.1) is 17.1 Å². The number of hydrogen-bond donors (Lipinski definition) is 0. The van der Waals surface area contributed by atoms with Crippen molar-refractivity contribution in [2.75, 3.05) is 6.61 Å². The lowest BCUT2D eigenvalue weighted by Gasteiger charge is -2.09. The number of halogens is 1. The third-order valence-electron chi connectivity index (χ3n) is 2.43. The van der Waals surface area contributed by atoms with Crippen molar-refractivity contribution >= 4 is 5.97 Å². The summed E-state index contributed by atoms with van der Waals surface area (Å²) in [5.74, 6) is -0.851. The number of nitriles is 1. The standard InChI is InChI=1S/C13H14FNO2/c1-3-9-5-11(14)6-10(8-15)12(9)7-13(16)17-4-2/h5-6H,3-4,7H2,1-2H3. The molecular formula is C13H14FNO2. The fourth-order valence-electron chi connectivity index (χ4n) is 1.67. The van der Waals surface area contributed by atoms with Gasteiger partial charge in [-0.1, -0.05) is 6.92 Å². The lowest BCUT2D eigenvalue weighted by Crippen LogP contribution is -2.11. The molecule has 4 heteroatoms. The van der Waals surface area contributed by atoms with Gasteiger partial charge in [-0.25, -0.2) is 4.39 Å². The van der Waals surface area contributed by atoms with E-state index in [-0.39, 0.29) is 12.0 Å². The van der Waals surface area contributed by atoms with Crippen LogP contribution in [0.25, 0.3) is 0 Å². The van der Waals surface area contributed by atoms with Gasteiger partial charge in [-0.15, -0.1) is 0 Å². The van der Waals surface area contributed by atoms with Crippen molar-refractivity contribution in [1.29, 1.82) is 5.26 Å². The Bertz CT molecular complexity index is 463. The van der Waals surface area contributed by atoms with Crippen LogP contribution < -0.4 is 0 Å². The molecular weight excluding hydrogens is 221 g/mol. The van der Waals surface area contributed by atoms with E-state index in [2.05, 4.69) is 0 Å². The summed E-state index contributed by atoms with van der Waals surface area (Å²) in [5.41, 5.74) is 1.44. The highest BCUT2D eigenvalue weighted by Crippen LogP contribution is 2.18. The molecule has 0 unspecified atom stereocenters. The Kier molecular flexibility index (Phi) is 4.65. The van der Waals surface area contributed by atoms with Crippen molar-refractivity contribution in [2.45, 2.75) is 26.7 Å². The Balaban J connectivity index is 3.12. The summed E-state index contributed by atoms with van der Waals surface area (Å²) in [6, 6.07) is 4.41. The average Bonchev–Trinajstić information content (AvgIpc) is 2.31.